The van der Waals surface area contributed by atoms with Gasteiger partial charge in [-0.2, -0.15) is 0 Å². The lowest BCUT2D eigenvalue weighted by Crippen LogP contribution is -2.20. The quantitative estimate of drug-likeness (QED) is 0.670. The summed E-state index contributed by atoms with van der Waals surface area (Å²) in [5.41, 5.74) is 0.687. The highest BCUT2D eigenvalue weighted by molar-refractivity contribution is 5.16. The Hall–Kier alpha value is -0.970. The maximum Gasteiger partial charge on any atom is 0.127 e. The molecule has 1 aromatic rings. The summed E-state index contributed by atoms with van der Waals surface area (Å²) in [5, 5.41) is 3.14. The van der Waals surface area contributed by atoms with Crippen molar-refractivity contribution in [1.82, 2.24) is 5.32 Å². The second-order valence-electron chi connectivity index (χ2n) is 3.73. The molecule has 0 atom stereocenters. The zero-order valence-corrected chi connectivity index (χ0v) is 10.2. The Morgan fingerprint density at radius 3 is 2.76 bits per heavy atom. The molecule has 0 saturated carbocycles. The summed E-state index contributed by atoms with van der Waals surface area (Å²) in [5.74, 6) is -0.166. The van der Waals surface area contributed by atoms with Gasteiger partial charge in [0.1, 0.15) is 5.82 Å². The van der Waals surface area contributed by atoms with E-state index in [1.807, 2.05) is 6.07 Å². The summed E-state index contributed by atoms with van der Waals surface area (Å²) >= 11 is 0. The van der Waals surface area contributed by atoms with Crippen LogP contribution in [0, 0.1) is 5.82 Å². The van der Waals surface area contributed by atoms with E-state index in [0.717, 1.165) is 19.6 Å². The van der Waals surface area contributed by atoms with Crippen LogP contribution in [-0.2, 0) is 16.0 Å². The first kappa shape index (κ1) is 14.1. The average molecular weight is 241 g/mol. The second-order valence-corrected chi connectivity index (χ2v) is 3.73. The molecular weight excluding hydrogens is 221 g/mol. The van der Waals surface area contributed by atoms with Crippen molar-refractivity contribution in [2.24, 2.45) is 0 Å². The molecule has 0 radical (unpaired) electrons. The van der Waals surface area contributed by atoms with Gasteiger partial charge in [-0.15, -0.1) is 0 Å². The molecule has 1 rings (SSSR count). The molecule has 4 heteroatoms. The Labute approximate surface area is 102 Å². The first-order valence-electron chi connectivity index (χ1n) is 5.85. The summed E-state index contributed by atoms with van der Waals surface area (Å²) in [6.07, 6.45) is 0.907. The largest absolute Gasteiger partial charge is 0.385 e. The molecule has 0 saturated heterocycles. The number of hydrogen-bond donors (Lipinski definition) is 1. The van der Waals surface area contributed by atoms with E-state index in [2.05, 4.69) is 5.32 Å². The fourth-order valence-corrected chi connectivity index (χ4v) is 1.42. The van der Waals surface area contributed by atoms with Crippen molar-refractivity contribution in [2.75, 3.05) is 33.5 Å². The Bertz CT molecular complexity index is 307. The van der Waals surface area contributed by atoms with E-state index in [9.17, 15) is 4.39 Å². The normalized spacial score (nSPS) is 10.7. The molecular formula is C13H20FNO2. The minimum atomic E-state index is -0.166. The van der Waals surface area contributed by atoms with Crippen molar-refractivity contribution >= 4 is 0 Å². The van der Waals surface area contributed by atoms with Crippen LogP contribution in [0.1, 0.15) is 12.0 Å². The third-order valence-electron chi connectivity index (χ3n) is 2.33. The molecule has 0 aliphatic carbocycles. The monoisotopic (exact) mass is 241 g/mol. The Kier molecular flexibility index (Phi) is 7.54. The zero-order chi connectivity index (χ0) is 12.3. The van der Waals surface area contributed by atoms with Crippen molar-refractivity contribution in [3.05, 3.63) is 35.6 Å². The van der Waals surface area contributed by atoms with Gasteiger partial charge >= 0.3 is 0 Å². The molecule has 0 aliphatic heterocycles. The Morgan fingerprint density at radius 2 is 2.00 bits per heavy atom. The van der Waals surface area contributed by atoms with Gasteiger partial charge in [-0.3, -0.25) is 0 Å². The fraction of sp³-hybridized carbons (Fsp3) is 0.538. The van der Waals surface area contributed by atoms with E-state index in [1.54, 1.807) is 19.2 Å². The predicted molar refractivity (Wildman–Crippen MR) is 65.4 cm³/mol. The number of hydrogen-bond acceptors (Lipinski definition) is 3. The number of benzene rings is 1. The molecule has 0 amide bonds. The van der Waals surface area contributed by atoms with E-state index in [0.29, 0.717) is 25.3 Å². The summed E-state index contributed by atoms with van der Waals surface area (Å²) in [6, 6.07) is 6.78. The van der Waals surface area contributed by atoms with Gasteiger partial charge in [-0.05, 0) is 12.5 Å². The van der Waals surface area contributed by atoms with Gasteiger partial charge in [0.2, 0.25) is 0 Å². The topological polar surface area (TPSA) is 30.5 Å². The Balaban J connectivity index is 1.99. The molecule has 17 heavy (non-hydrogen) atoms. The van der Waals surface area contributed by atoms with Gasteiger partial charge in [0.05, 0.1) is 6.61 Å². The first-order chi connectivity index (χ1) is 8.34. The van der Waals surface area contributed by atoms with E-state index in [4.69, 9.17) is 9.47 Å². The zero-order valence-electron chi connectivity index (χ0n) is 10.2. The van der Waals surface area contributed by atoms with Crippen LogP contribution in [0.15, 0.2) is 24.3 Å². The van der Waals surface area contributed by atoms with Crippen LogP contribution >= 0.6 is 0 Å². The van der Waals surface area contributed by atoms with Crippen LogP contribution in [0.2, 0.25) is 0 Å². The SMILES string of the molecule is COCCCOCCNCc1ccccc1F. The molecule has 0 heterocycles. The fourth-order valence-electron chi connectivity index (χ4n) is 1.42. The molecule has 3 nitrogen and oxygen atoms in total. The maximum atomic E-state index is 13.2. The van der Waals surface area contributed by atoms with Gasteiger partial charge in [0, 0.05) is 39.0 Å². The minimum Gasteiger partial charge on any atom is -0.385 e. The lowest BCUT2D eigenvalue weighted by atomic mass is 10.2. The van der Waals surface area contributed by atoms with Gasteiger partial charge < -0.3 is 14.8 Å². The van der Waals surface area contributed by atoms with E-state index in [1.165, 1.54) is 6.07 Å². The lowest BCUT2D eigenvalue weighted by molar-refractivity contribution is 0.104. The first-order valence-corrected chi connectivity index (χ1v) is 5.85. The third-order valence-corrected chi connectivity index (χ3v) is 2.33. The van der Waals surface area contributed by atoms with Crippen LogP contribution in [-0.4, -0.2) is 33.5 Å². The van der Waals surface area contributed by atoms with Gasteiger partial charge in [-0.1, -0.05) is 18.2 Å². The van der Waals surface area contributed by atoms with Crippen molar-refractivity contribution in [3.8, 4) is 0 Å². The highest BCUT2D eigenvalue weighted by Gasteiger charge is 1.98. The third kappa shape index (κ3) is 6.36. The summed E-state index contributed by atoms with van der Waals surface area (Å²) < 4.78 is 23.5. The summed E-state index contributed by atoms with van der Waals surface area (Å²) in [4.78, 5) is 0. The summed E-state index contributed by atoms with van der Waals surface area (Å²) in [7, 11) is 1.68. The standard InChI is InChI=1S/C13H20FNO2/c1-16-8-4-9-17-10-7-15-11-12-5-2-3-6-13(12)14/h2-3,5-6,15H,4,7-11H2,1H3. The van der Waals surface area contributed by atoms with E-state index < -0.39 is 0 Å². The molecule has 0 aromatic heterocycles. The number of halogens is 1. The minimum absolute atomic E-state index is 0.166. The Morgan fingerprint density at radius 1 is 1.18 bits per heavy atom. The molecule has 1 aromatic carbocycles. The van der Waals surface area contributed by atoms with Crippen LogP contribution in [0.25, 0.3) is 0 Å². The van der Waals surface area contributed by atoms with E-state index in [-0.39, 0.29) is 5.82 Å². The van der Waals surface area contributed by atoms with Crippen LogP contribution in [0.5, 0.6) is 0 Å². The number of ether oxygens (including phenoxy) is 2. The number of nitrogens with one attached hydrogen (secondary N) is 1. The van der Waals surface area contributed by atoms with Gasteiger partial charge in [0.25, 0.3) is 0 Å². The molecule has 96 valence electrons. The average Bonchev–Trinajstić information content (AvgIpc) is 2.35. The number of methoxy groups -OCH3 is 1. The molecule has 0 spiro atoms. The molecule has 1 N–H and O–H groups in total. The van der Waals surface area contributed by atoms with Gasteiger partial charge in [0.15, 0.2) is 0 Å². The molecule has 0 unspecified atom stereocenters. The van der Waals surface area contributed by atoms with Gasteiger partial charge in [-0.25, -0.2) is 4.39 Å². The maximum absolute atomic E-state index is 13.2. The smallest absolute Gasteiger partial charge is 0.127 e. The van der Waals surface area contributed by atoms with Crippen LogP contribution < -0.4 is 5.32 Å². The van der Waals surface area contributed by atoms with Crippen molar-refractivity contribution in [1.29, 1.82) is 0 Å². The van der Waals surface area contributed by atoms with Crippen LogP contribution in [0.3, 0.4) is 0 Å². The van der Waals surface area contributed by atoms with Crippen molar-refractivity contribution in [2.45, 2.75) is 13.0 Å². The lowest BCUT2D eigenvalue weighted by Gasteiger charge is -2.06. The van der Waals surface area contributed by atoms with E-state index >= 15 is 0 Å². The second kappa shape index (κ2) is 9.10. The summed E-state index contributed by atoms with van der Waals surface area (Å²) in [6.45, 7) is 3.32. The van der Waals surface area contributed by atoms with Crippen molar-refractivity contribution < 1.29 is 13.9 Å². The highest BCUT2D eigenvalue weighted by Crippen LogP contribution is 2.04. The van der Waals surface area contributed by atoms with Crippen molar-refractivity contribution in [3.63, 3.8) is 0 Å². The molecule has 0 aliphatic rings. The molecule has 0 bridgehead atoms. The highest BCUT2D eigenvalue weighted by atomic mass is 19.1. The number of rotatable bonds is 9. The molecule has 0 fully saturated rings. The predicted octanol–water partition coefficient (Wildman–Crippen LogP) is 1.97. The van der Waals surface area contributed by atoms with Crippen LogP contribution in [0.4, 0.5) is 4.39 Å².